The normalized spacial score (nSPS) is 10.2. The Kier molecular flexibility index (Phi) is 2.06. The molecule has 0 atom stereocenters. The zero-order valence-corrected chi connectivity index (χ0v) is 6.97. The molecule has 2 N–H and O–H groups in total. The fourth-order valence-electron chi connectivity index (χ4n) is 1.05. The second kappa shape index (κ2) is 3.37. The first-order valence-electron chi connectivity index (χ1n) is 3.96. The number of pyridine rings is 1. The van der Waals surface area contributed by atoms with Gasteiger partial charge in [0.1, 0.15) is 0 Å². The second-order valence-electron chi connectivity index (χ2n) is 2.63. The van der Waals surface area contributed by atoms with E-state index in [1.165, 1.54) is 0 Å². The predicted octanol–water partition coefficient (Wildman–Crippen LogP) is 1.20. The molecule has 4 nitrogen and oxygen atoms in total. The van der Waals surface area contributed by atoms with E-state index in [4.69, 9.17) is 10.3 Å². The monoisotopic (exact) mass is 175 g/mol. The molecule has 0 saturated carbocycles. The van der Waals surface area contributed by atoms with Crippen LogP contribution in [0.25, 0.3) is 11.3 Å². The highest BCUT2D eigenvalue weighted by atomic mass is 16.5. The van der Waals surface area contributed by atoms with Gasteiger partial charge in [-0.2, -0.15) is 0 Å². The third-order valence-corrected chi connectivity index (χ3v) is 1.71. The van der Waals surface area contributed by atoms with Crippen LogP contribution in [0.5, 0.6) is 0 Å². The van der Waals surface area contributed by atoms with Crippen LogP contribution in [-0.4, -0.2) is 10.1 Å². The van der Waals surface area contributed by atoms with Crippen molar-refractivity contribution in [2.24, 2.45) is 5.73 Å². The number of aromatic nitrogens is 2. The summed E-state index contributed by atoms with van der Waals surface area (Å²) in [6, 6.07) is 5.57. The molecule has 0 aliphatic carbocycles. The van der Waals surface area contributed by atoms with Crippen molar-refractivity contribution in [3.63, 3.8) is 0 Å². The van der Waals surface area contributed by atoms with E-state index in [0.29, 0.717) is 12.3 Å². The van der Waals surface area contributed by atoms with E-state index in [2.05, 4.69) is 10.1 Å². The maximum Gasteiger partial charge on any atom is 0.168 e. The predicted molar refractivity (Wildman–Crippen MR) is 47.6 cm³/mol. The van der Waals surface area contributed by atoms with Crippen LogP contribution < -0.4 is 5.73 Å². The van der Waals surface area contributed by atoms with E-state index in [9.17, 15) is 0 Å². The van der Waals surface area contributed by atoms with Gasteiger partial charge in [-0.1, -0.05) is 5.16 Å². The summed E-state index contributed by atoms with van der Waals surface area (Å²) in [5, 5.41) is 3.78. The third-order valence-electron chi connectivity index (χ3n) is 1.71. The van der Waals surface area contributed by atoms with Crippen LogP contribution in [0.2, 0.25) is 0 Å². The van der Waals surface area contributed by atoms with Gasteiger partial charge in [-0.25, -0.2) is 0 Å². The van der Waals surface area contributed by atoms with Crippen LogP contribution in [-0.2, 0) is 6.54 Å². The summed E-state index contributed by atoms with van der Waals surface area (Å²) in [7, 11) is 0. The molecule has 66 valence electrons. The van der Waals surface area contributed by atoms with Crippen molar-refractivity contribution in [3.8, 4) is 11.3 Å². The van der Waals surface area contributed by atoms with E-state index in [-0.39, 0.29) is 0 Å². The molecule has 0 fully saturated rings. The average molecular weight is 175 g/mol. The maximum absolute atomic E-state index is 5.40. The summed E-state index contributed by atoms with van der Waals surface area (Å²) in [6.07, 6.45) is 3.44. The fraction of sp³-hybridized carbons (Fsp3) is 0.111. The van der Waals surface area contributed by atoms with E-state index in [1.807, 2.05) is 18.2 Å². The van der Waals surface area contributed by atoms with Crippen LogP contribution in [0.1, 0.15) is 5.69 Å². The summed E-state index contributed by atoms with van der Waals surface area (Å²) in [5.74, 6) is 0.702. The highest BCUT2D eigenvalue weighted by molar-refractivity contribution is 5.55. The molecule has 2 heterocycles. The van der Waals surface area contributed by atoms with Gasteiger partial charge in [0.15, 0.2) is 5.76 Å². The molecule has 0 spiro atoms. The van der Waals surface area contributed by atoms with Crippen molar-refractivity contribution in [3.05, 3.63) is 36.3 Å². The number of rotatable bonds is 2. The molecule has 0 aliphatic rings. The van der Waals surface area contributed by atoms with Crippen LogP contribution in [0.4, 0.5) is 0 Å². The Labute approximate surface area is 75.4 Å². The second-order valence-corrected chi connectivity index (χ2v) is 2.63. The summed E-state index contributed by atoms with van der Waals surface area (Å²) < 4.78 is 5.07. The van der Waals surface area contributed by atoms with Gasteiger partial charge < -0.3 is 10.3 Å². The van der Waals surface area contributed by atoms with Crippen molar-refractivity contribution < 1.29 is 4.52 Å². The topological polar surface area (TPSA) is 64.9 Å². The minimum absolute atomic E-state index is 0.393. The molecule has 2 aromatic heterocycles. The lowest BCUT2D eigenvalue weighted by Gasteiger charge is -1.90. The Morgan fingerprint density at radius 3 is 3.00 bits per heavy atom. The Balaban J connectivity index is 2.36. The molecule has 0 unspecified atom stereocenters. The van der Waals surface area contributed by atoms with Gasteiger partial charge >= 0.3 is 0 Å². The maximum atomic E-state index is 5.40. The number of nitrogens with zero attached hydrogens (tertiary/aromatic N) is 2. The quantitative estimate of drug-likeness (QED) is 0.744. The molecule has 2 rings (SSSR count). The van der Waals surface area contributed by atoms with E-state index >= 15 is 0 Å². The lowest BCUT2D eigenvalue weighted by molar-refractivity contribution is 0.424. The smallest absolute Gasteiger partial charge is 0.168 e. The Morgan fingerprint density at radius 1 is 1.46 bits per heavy atom. The third kappa shape index (κ3) is 1.57. The van der Waals surface area contributed by atoms with Crippen molar-refractivity contribution >= 4 is 0 Å². The molecule has 0 aliphatic heterocycles. The molecule has 0 saturated heterocycles. The van der Waals surface area contributed by atoms with Gasteiger partial charge in [0.25, 0.3) is 0 Å². The lowest BCUT2D eigenvalue weighted by Crippen LogP contribution is -1.94. The first kappa shape index (κ1) is 7.94. The molecule has 13 heavy (non-hydrogen) atoms. The van der Waals surface area contributed by atoms with Crippen LogP contribution in [0, 0.1) is 0 Å². The first-order chi connectivity index (χ1) is 6.40. The zero-order chi connectivity index (χ0) is 9.10. The van der Waals surface area contributed by atoms with Gasteiger partial charge in [-0.05, 0) is 12.1 Å². The number of nitrogens with two attached hydrogens (primary N) is 1. The largest absolute Gasteiger partial charge is 0.356 e. The highest BCUT2D eigenvalue weighted by Crippen LogP contribution is 2.18. The van der Waals surface area contributed by atoms with Gasteiger partial charge in [0.2, 0.25) is 0 Å². The molecule has 0 amide bonds. The van der Waals surface area contributed by atoms with E-state index < -0.39 is 0 Å². The molecule has 0 aromatic carbocycles. The SMILES string of the molecule is NCc1cc(-c2cccnc2)on1. The molecular weight excluding hydrogens is 166 g/mol. The van der Waals surface area contributed by atoms with E-state index in [0.717, 1.165) is 11.3 Å². The Bertz CT molecular complexity index is 383. The highest BCUT2D eigenvalue weighted by Gasteiger charge is 2.04. The summed E-state index contributed by atoms with van der Waals surface area (Å²) >= 11 is 0. The minimum atomic E-state index is 0.393. The first-order valence-corrected chi connectivity index (χ1v) is 3.96. The molecule has 0 radical (unpaired) electrons. The Morgan fingerprint density at radius 2 is 2.38 bits per heavy atom. The van der Waals surface area contributed by atoms with Gasteiger partial charge in [-0.15, -0.1) is 0 Å². The molecule has 0 bridgehead atoms. The standard InChI is InChI=1S/C9H9N3O/c10-5-8-4-9(13-12-8)7-2-1-3-11-6-7/h1-4,6H,5,10H2. The van der Waals surface area contributed by atoms with Crippen LogP contribution in [0.3, 0.4) is 0 Å². The summed E-state index contributed by atoms with van der Waals surface area (Å²) in [6.45, 7) is 0.393. The van der Waals surface area contributed by atoms with Crippen molar-refractivity contribution in [2.75, 3.05) is 0 Å². The van der Waals surface area contributed by atoms with Crippen molar-refractivity contribution in [1.29, 1.82) is 0 Å². The van der Waals surface area contributed by atoms with E-state index in [1.54, 1.807) is 12.4 Å². The van der Waals surface area contributed by atoms with Crippen molar-refractivity contribution in [2.45, 2.75) is 6.54 Å². The molecule has 4 heteroatoms. The van der Waals surface area contributed by atoms with Crippen LogP contribution in [0.15, 0.2) is 35.1 Å². The lowest BCUT2D eigenvalue weighted by atomic mass is 10.2. The van der Waals surface area contributed by atoms with Gasteiger partial charge in [0.05, 0.1) is 5.69 Å². The minimum Gasteiger partial charge on any atom is -0.356 e. The fourth-order valence-corrected chi connectivity index (χ4v) is 1.05. The molecular formula is C9H9N3O. The molecule has 2 aromatic rings. The van der Waals surface area contributed by atoms with Crippen molar-refractivity contribution in [1.82, 2.24) is 10.1 Å². The Hall–Kier alpha value is -1.68. The average Bonchev–Trinajstić information content (AvgIpc) is 2.67. The van der Waals surface area contributed by atoms with Gasteiger partial charge in [-0.3, -0.25) is 4.98 Å². The van der Waals surface area contributed by atoms with Crippen LogP contribution >= 0.6 is 0 Å². The summed E-state index contributed by atoms with van der Waals surface area (Å²) in [5.41, 5.74) is 7.06. The number of hydrogen-bond donors (Lipinski definition) is 1. The zero-order valence-electron chi connectivity index (χ0n) is 6.97. The number of hydrogen-bond acceptors (Lipinski definition) is 4. The summed E-state index contributed by atoms with van der Waals surface area (Å²) in [4.78, 5) is 3.98. The van der Waals surface area contributed by atoms with Gasteiger partial charge in [0, 0.05) is 30.6 Å².